The molecule has 110 valence electrons. The summed E-state index contributed by atoms with van der Waals surface area (Å²) < 4.78 is 37.4. The zero-order valence-corrected chi connectivity index (χ0v) is 11.2. The van der Waals surface area contributed by atoms with Crippen molar-refractivity contribution in [2.75, 3.05) is 19.6 Å². The average Bonchev–Trinajstić information content (AvgIpc) is 2.80. The lowest BCUT2D eigenvalue weighted by Crippen LogP contribution is -2.34. The van der Waals surface area contributed by atoms with Gasteiger partial charge >= 0.3 is 6.18 Å². The van der Waals surface area contributed by atoms with Crippen molar-refractivity contribution in [1.29, 1.82) is 0 Å². The van der Waals surface area contributed by atoms with E-state index < -0.39 is 11.7 Å². The molecule has 1 heterocycles. The number of nitrogens with two attached hydrogens (primary N) is 1. The maximum atomic E-state index is 12.5. The van der Waals surface area contributed by atoms with Crippen LogP contribution in [0.4, 0.5) is 13.2 Å². The lowest BCUT2D eigenvalue weighted by atomic mass is 9.90. The van der Waals surface area contributed by atoms with Gasteiger partial charge < -0.3 is 10.6 Å². The van der Waals surface area contributed by atoms with E-state index in [0.717, 1.165) is 18.6 Å². The topological polar surface area (TPSA) is 46.3 Å². The van der Waals surface area contributed by atoms with E-state index in [0.29, 0.717) is 19.6 Å². The summed E-state index contributed by atoms with van der Waals surface area (Å²) >= 11 is 0. The first kappa shape index (κ1) is 14.8. The third-order valence-electron chi connectivity index (χ3n) is 3.80. The van der Waals surface area contributed by atoms with Crippen LogP contribution in [0.15, 0.2) is 24.3 Å². The lowest BCUT2D eigenvalue weighted by Gasteiger charge is -2.22. The highest BCUT2D eigenvalue weighted by Crippen LogP contribution is 2.31. The molecule has 1 fully saturated rings. The Kier molecular flexibility index (Phi) is 3.77. The summed E-state index contributed by atoms with van der Waals surface area (Å²) in [5, 5.41) is 0. The molecular weight excluding hydrogens is 269 g/mol. The molecule has 0 aliphatic carbocycles. The van der Waals surface area contributed by atoms with Crippen molar-refractivity contribution >= 4 is 5.91 Å². The Morgan fingerprint density at radius 1 is 1.35 bits per heavy atom. The van der Waals surface area contributed by atoms with Crippen molar-refractivity contribution in [3.63, 3.8) is 0 Å². The van der Waals surface area contributed by atoms with Crippen LogP contribution in [0.3, 0.4) is 0 Å². The smallest absolute Gasteiger partial charge is 0.338 e. The first-order valence-corrected chi connectivity index (χ1v) is 6.42. The molecule has 1 saturated heterocycles. The van der Waals surface area contributed by atoms with Crippen LogP contribution in [-0.4, -0.2) is 30.4 Å². The lowest BCUT2D eigenvalue weighted by molar-refractivity contribution is -0.137. The van der Waals surface area contributed by atoms with Gasteiger partial charge in [-0.15, -0.1) is 0 Å². The van der Waals surface area contributed by atoms with Crippen molar-refractivity contribution in [2.45, 2.75) is 19.5 Å². The zero-order chi connectivity index (χ0) is 15.0. The van der Waals surface area contributed by atoms with E-state index in [-0.39, 0.29) is 16.9 Å². The maximum Gasteiger partial charge on any atom is 0.416 e. The summed E-state index contributed by atoms with van der Waals surface area (Å²) in [6.07, 6.45) is -3.57. The number of carbonyl (C=O) groups excluding carboxylic acids is 1. The van der Waals surface area contributed by atoms with Crippen molar-refractivity contribution in [3.8, 4) is 0 Å². The molecule has 1 unspecified atom stereocenters. The number of halogens is 3. The van der Waals surface area contributed by atoms with Gasteiger partial charge in [0.25, 0.3) is 5.91 Å². The molecular formula is C14H17F3N2O. The standard InChI is InChI=1S/C14H17F3N2O/c1-13(8-18)6-7-19(9-13)12(20)10-2-4-11(5-3-10)14(15,16)17/h2-5H,6-9,18H2,1H3. The Morgan fingerprint density at radius 3 is 2.40 bits per heavy atom. The second-order valence-corrected chi connectivity index (χ2v) is 5.57. The minimum Gasteiger partial charge on any atom is -0.338 e. The van der Waals surface area contributed by atoms with E-state index >= 15 is 0 Å². The van der Waals surface area contributed by atoms with Crippen LogP contribution < -0.4 is 5.73 Å². The van der Waals surface area contributed by atoms with Gasteiger partial charge in [-0.25, -0.2) is 0 Å². The van der Waals surface area contributed by atoms with Crippen LogP contribution in [0.5, 0.6) is 0 Å². The van der Waals surface area contributed by atoms with E-state index in [1.807, 2.05) is 6.92 Å². The van der Waals surface area contributed by atoms with E-state index in [1.54, 1.807) is 4.90 Å². The highest BCUT2D eigenvalue weighted by Gasteiger charge is 2.35. The van der Waals surface area contributed by atoms with Gasteiger partial charge in [0.1, 0.15) is 0 Å². The van der Waals surface area contributed by atoms with Gasteiger partial charge in [0.2, 0.25) is 0 Å². The summed E-state index contributed by atoms with van der Waals surface area (Å²) in [6.45, 7) is 3.63. The van der Waals surface area contributed by atoms with Crippen molar-refractivity contribution in [2.24, 2.45) is 11.1 Å². The normalized spacial score (nSPS) is 23.1. The molecule has 2 N–H and O–H groups in total. The monoisotopic (exact) mass is 286 g/mol. The minimum absolute atomic E-state index is 0.0957. The van der Waals surface area contributed by atoms with Crippen LogP contribution >= 0.6 is 0 Å². The molecule has 1 amide bonds. The van der Waals surface area contributed by atoms with Gasteiger partial charge in [0.05, 0.1) is 5.56 Å². The number of nitrogens with zero attached hydrogens (tertiary/aromatic N) is 1. The first-order valence-electron chi connectivity index (χ1n) is 6.42. The average molecular weight is 286 g/mol. The number of amides is 1. The van der Waals surface area contributed by atoms with Crippen molar-refractivity contribution < 1.29 is 18.0 Å². The Labute approximate surface area is 115 Å². The van der Waals surface area contributed by atoms with Gasteiger partial charge in [0.15, 0.2) is 0 Å². The second kappa shape index (κ2) is 5.09. The van der Waals surface area contributed by atoms with Gasteiger partial charge in [-0.05, 0) is 42.6 Å². The second-order valence-electron chi connectivity index (χ2n) is 5.57. The molecule has 20 heavy (non-hydrogen) atoms. The third-order valence-corrected chi connectivity index (χ3v) is 3.80. The Morgan fingerprint density at radius 2 is 1.95 bits per heavy atom. The molecule has 3 nitrogen and oxygen atoms in total. The molecule has 1 atom stereocenters. The quantitative estimate of drug-likeness (QED) is 0.908. The number of alkyl halides is 3. The highest BCUT2D eigenvalue weighted by molar-refractivity contribution is 5.94. The molecule has 6 heteroatoms. The molecule has 0 aromatic heterocycles. The number of benzene rings is 1. The zero-order valence-electron chi connectivity index (χ0n) is 11.2. The van der Waals surface area contributed by atoms with Gasteiger partial charge in [-0.1, -0.05) is 6.92 Å². The summed E-state index contributed by atoms with van der Waals surface area (Å²) in [6, 6.07) is 4.32. The van der Waals surface area contributed by atoms with Crippen molar-refractivity contribution in [3.05, 3.63) is 35.4 Å². The summed E-state index contributed by atoms with van der Waals surface area (Å²) in [7, 11) is 0. The van der Waals surface area contributed by atoms with E-state index in [9.17, 15) is 18.0 Å². The van der Waals surface area contributed by atoms with Crippen LogP contribution in [-0.2, 0) is 6.18 Å². The number of rotatable bonds is 2. The predicted octanol–water partition coefficient (Wildman–Crippen LogP) is 2.52. The molecule has 0 radical (unpaired) electrons. The van der Waals surface area contributed by atoms with Crippen LogP contribution in [0.2, 0.25) is 0 Å². The molecule has 1 aliphatic rings. The number of hydrogen-bond donors (Lipinski definition) is 1. The molecule has 0 saturated carbocycles. The van der Waals surface area contributed by atoms with Gasteiger partial charge in [-0.3, -0.25) is 4.79 Å². The Bertz CT molecular complexity index is 498. The van der Waals surface area contributed by atoms with E-state index in [2.05, 4.69) is 0 Å². The van der Waals surface area contributed by atoms with Crippen molar-refractivity contribution in [1.82, 2.24) is 4.90 Å². The molecule has 2 rings (SSSR count). The fraction of sp³-hybridized carbons (Fsp3) is 0.500. The molecule has 1 aromatic rings. The molecule has 0 spiro atoms. The molecule has 1 aliphatic heterocycles. The fourth-order valence-corrected chi connectivity index (χ4v) is 2.35. The minimum atomic E-state index is -4.38. The Balaban J connectivity index is 2.11. The van der Waals surface area contributed by atoms with E-state index in [1.165, 1.54) is 12.1 Å². The van der Waals surface area contributed by atoms with Crippen LogP contribution in [0, 0.1) is 5.41 Å². The predicted molar refractivity (Wildman–Crippen MR) is 69.1 cm³/mol. The van der Waals surface area contributed by atoms with E-state index in [4.69, 9.17) is 5.73 Å². The van der Waals surface area contributed by atoms with Crippen LogP contribution in [0.25, 0.3) is 0 Å². The maximum absolute atomic E-state index is 12.5. The summed E-state index contributed by atoms with van der Waals surface area (Å²) in [5.41, 5.74) is 5.11. The molecule has 1 aromatic carbocycles. The summed E-state index contributed by atoms with van der Waals surface area (Å²) in [5.74, 6) is -0.240. The highest BCUT2D eigenvalue weighted by atomic mass is 19.4. The SMILES string of the molecule is CC1(CN)CCN(C(=O)c2ccc(C(F)(F)F)cc2)C1. The Hall–Kier alpha value is -1.56. The molecule has 0 bridgehead atoms. The third kappa shape index (κ3) is 2.95. The van der Waals surface area contributed by atoms with Gasteiger partial charge in [-0.2, -0.15) is 13.2 Å². The number of carbonyl (C=O) groups is 1. The van der Waals surface area contributed by atoms with Crippen LogP contribution in [0.1, 0.15) is 29.3 Å². The largest absolute Gasteiger partial charge is 0.416 e. The number of likely N-dealkylation sites (tertiary alicyclic amines) is 1. The number of hydrogen-bond acceptors (Lipinski definition) is 2. The van der Waals surface area contributed by atoms with Gasteiger partial charge in [0, 0.05) is 18.7 Å². The fourth-order valence-electron chi connectivity index (χ4n) is 2.35. The first-order chi connectivity index (χ1) is 9.25. The summed E-state index contributed by atoms with van der Waals surface area (Å²) in [4.78, 5) is 13.9.